The van der Waals surface area contributed by atoms with Crippen LogP contribution in [-0.2, 0) is 4.79 Å². The molecule has 0 saturated heterocycles. The van der Waals surface area contributed by atoms with Crippen LogP contribution in [0.5, 0.6) is 0 Å². The van der Waals surface area contributed by atoms with Crippen LogP contribution in [0.4, 0.5) is 0 Å². The van der Waals surface area contributed by atoms with Gasteiger partial charge < -0.3 is 10.6 Å². The summed E-state index contributed by atoms with van der Waals surface area (Å²) in [5.41, 5.74) is 6.76. The number of carbonyl (C=O) groups excluding carboxylic acids is 1. The molecule has 4 heteroatoms. The molecule has 100 valence electrons. The van der Waals surface area contributed by atoms with E-state index in [0.29, 0.717) is 6.54 Å². The predicted molar refractivity (Wildman–Crippen MR) is 75.8 cm³/mol. The summed E-state index contributed by atoms with van der Waals surface area (Å²) in [6.07, 6.45) is 2.52. The van der Waals surface area contributed by atoms with Crippen LogP contribution in [0.3, 0.4) is 0 Å². The number of halogens is 1. The average Bonchev–Trinajstić information content (AvgIpc) is 3.15. The number of hydrogen-bond donors (Lipinski definition) is 1. The average molecular weight is 269 g/mol. The van der Waals surface area contributed by atoms with Gasteiger partial charge in [0.25, 0.3) is 0 Å². The van der Waals surface area contributed by atoms with E-state index in [-0.39, 0.29) is 24.2 Å². The van der Waals surface area contributed by atoms with Gasteiger partial charge in [-0.25, -0.2) is 0 Å². The van der Waals surface area contributed by atoms with Gasteiger partial charge in [-0.15, -0.1) is 12.4 Å². The standard InChI is InChI=1S/C14H20N2O.ClH/c1-16(10-11-7-8-11)14(17)13(9-15)12-5-3-2-4-6-12;/h2-6,11,13H,7-10,15H2,1H3;1H. The quantitative estimate of drug-likeness (QED) is 0.888. The molecule has 3 nitrogen and oxygen atoms in total. The smallest absolute Gasteiger partial charge is 0.231 e. The molecule has 18 heavy (non-hydrogen) atoms. The molecule has 2 rings (SSSR count). The molecular weight excluding hydrogens is 248 g/mol. The fourth-order valence-electron chi connectivity index (χ4n) is 2.11. The topological polar surface area (TPSA) is 46.3 Å². The first-order chi connectivity index (χ1) is 8.22. The molecule has 0 aromatic heterocycles. The Hall–Kier alpha value is -1.06. The molecule has 0 aliphatic heterocycles. The van der Waals surface area contributed by atoms with Crippen LogP contribution in [0.15, 0.2) is 30.3 Å². The third kappa shape index (κ3) is 3.72. The van der Waals surface area contributed by atoms with E-state index < -0.39 is 0 Å². The second-order valence-electron chi connectivity index (χ2n) is 4.86. The Balaban J connectivity index is 0.00000162. The van der Waals surface area contributed by atoms with Crippen molar-refractivity contribution in [1.82, 2.24) is 4.90 Å². The highest BCUT2D eigenvalue weighted by molar-refractivity contribution is 5.85. The Labute approximate surface area is 115 Å². The first-order valence-electron chi connectivity index (χ1n) is 6.22. The molecule has 1 aliphatic carbocycles. The molecule has 0 heterocycles. The van der Waals surface area contributed by atoms with Gasteiger partial charge in [-0.3, -0.25) is 4.79 Å². The lowest BCUT2D eigenvalue weighted by Crippen LogP contribution is -2.36. The lowest BCUT2D eigenvalue weighted by Gasteiger charge is -2.23. The number of carbonyl (C=O) groups is 1. The van der Waals surface area contributed by atoms with Gasteiger partial charge in [0.05, 0.1) is 5.92 Å². The minimum Gasteiger partial charge on any atom is -0.345 e. The van der Waals surface area contributed by atoms with E-state index in [1.54, 1.807) is 0 Å². The van der Waals surface area contributed by atoms with Crippen LogP contribution in [0.2, 0.25) is 0 Å². The number of hydrogen-bond acceptors (Lipinski definition) is 2. The highest BCUT2D eigenvalue weighted by Gasteiger charge is 2.28. The summed E-state index contributed by atoms with van der Waals surface area (Å²) >= 11 is 0. The number of rotatable bonds is 5. The van der Waals surface area contributed by atoms with E-state index in [1.165, 1.54) is 12.8 Å². The van der Waals surface area contributed by atoms with Gasteiger partial charge in [0, 0.05) is 20.1 Å². The second-order valence-corrected chi connectivity index (χ2v) is 4.86. The van der Waals surface area contributed by atoms with Crippen LogP contribution in [0.1, 0.15) is 24.3 Å². The van der Waals surface area contributed by atoms with Gasteiger partial charge in [0.1, 0.15) is 0 Å². The van der Waals surface area contributed by atoms with Crippen molar-refractivity contribution in [1.29, 1.82) is 0 Å². The van der Waals surface area contributed by atoms with Crippen molar-refractivity contribution in [2.45, 2.75) is 18.8 Å². The maximum Gasteiger partial charge on any atom is 0.231 e. The van der Waals surface area contributed by atoms with Gasteiger partial charge in [-0.2, -0.15) is 0 Å². The van der Waals surface area contributed by atoms with E-state index in [0.717, 1.165) is 18.0 Å². The molecule has 0 spiro atoms. The summed E-state index contributed by atoms with van der Waals surface area (Å²) in [7, 11) is 1.88. The second kappa shape index (κ2) is 6.76. The van der Waals surface area contributed by atoms with Crippen molar-refractivity contribution in [3.05, 3.63) is 35.9 Å². The Bertz CT molecular complexity index is 379. The number of likely N-dealkylation sites (N-methyl/N-ethyl adjacent to an activating group) is 1. The van der Waals surface area contributed by atoms with Gasteiger partial charge in [0.15, 0.2) is 0 Å². The zero-order chi connectivity index (χ0) is 12.3. The van der Waals surface area contributed by atoms with Crippen molar-refractivity contribution in [2.24, 2.45) is 11.7 Å². The minimum absolute atomic E-state index is 0. The van der Waals surface area contributed by atoms with E-state index in [2.05, 4.69) is 0 Å². The lowest BCUT2D eigenvalue weighted by molar-refractivity contribution is -0.131. The molecule has 1 saturated carbocycles. The molecule has 0 radical (unpaired) electrons. The maximum atomic E-state index is 12.3. The van der Waals surface area contributed by atoms with E-state index in [4.69, 9.17) is 5.73 Å². The third-order valence-electron chi connectivity index (χ3n) is 3.34. The summed E-state index contributed by atoms with van der Waals surface area (Å²) in [5, 5.41) is 0. The SMILES string of the molecule is CN(CC1CC1)C(=O)C(CN)c1ccccc1.Cl. The van der Waals surface area contributed by atoms with Crippen LogP contribution < -0.4 is 5.73 Å². The zero-order valence-corrected chi connectivity index (χ0v) is 11.5. The summed E-state index contributed by atoms with van der Waals surface area (Å²) < 4.78 is 0. The highest BCUT2D eigenvalue weighted by atomic mass is 35.5. The van der Waals surface area contributed by atoms with Gasteiger partial charge in [-0.05, 0) is 24.3 Å². The summed E-state index contributed by atoms with van der Waals surface area (Å²) in [6.45, 7) is 1.25. The molecule has 1 fully saturated rings. The normalized spacial score (nSPS) is 15.7. The highest BCUT2D eigenvalue weighted by Crippen LogP contribution is 2.30. The Morgan fingerprint density at radius 1 is 1.39 bits per heavy atom. The van der Waals surface area contributed by atoms with Crippen molar-refractivity contribution in [3.8, 4) is 0 Å². The molecule has 1 unspecified atom stereocenters. The molecular formula is C14H21ClN2O. The van der Waals surface area contributed by atoms with Crippen LogP contribution >= 0.6 is 12.4 Å². The fourth-order valence-corrected chi connectivity index (χ4v) is 2.11. The van der Waals surface area contributed by atoms with Crippen molar-refractivity contribution in [3.63, 3.8) is 0 Å². The lowest BCUT2D eigenvalue weighted by atomic mass is 9.98. The Kier molecular flexibility index (Phi) is 5.63. The van der Waals surface area contributed by atoms with E-state index in [9.17, 15) is 4.79 Å². The molecule has 1 atom stereocenters. The molecule has 2 N–H and O–H groups in total. The maximum absolute atomic E-state index is 12.3. The Morgan fingerprint density at radius 2 is 2.00 bits per heavy atom. The molecule has 1 amide bonds. The minimum atomic E-state index is -0.194. The number of nitrogens with two attached hydrogens (primary N) is 1. The first-order valence-corrected chi connectivity index (χ1v) is 6.22. The first kappa shape index (κ1) is 15.0. The third-order valence-corrected chi connectivity index (χ3v) is 3.34. The van der Waals surface area contributed by atoms with Gasteiger partial charge in [-0.1, -0.05) is 30.3 Å². The van der Waals surface area contributed by atoms with E-state index >= 15 is 0 Å². The monoisotopic (exact) mass is 268 g/mol. The molecule has 1 aromatic rings. The number of nitrogens with zero attached hydrogens (tertiary/aromatic N) is 1. The number of benzene rings is 1. The summed E-state index contributed by atoms with van der Waals surface area (Å²) in [5.74, 6) is 0.670. The van der Waals surface area contributed by atoms with Crippen molar-refractivity contribution < 1.29 is 4.79 Å². The van der Waals surface area contributed by atoms with Crippen molar-refractivity contribution in [2.75, 3.05) is 20.1 Å². The molecule has 1 aliphatic rings. The van der Waals surface area contributed by atoms with Crippen LogP contribution in [0.25, 0.3) is 0 Å². The zero-order valence-electron chi connectivity index (χ0n) is 10.7. The van der Waals surface area contributed by atoms with Crippen molar-refractivity contribution >= 4 is 18.3 Å². The number of amides is 1. The molecule has 0 bridgehead atoms. The fraction of sp³-hybridized carbons (Fsp3) is 0.500. The summed E-state index contributed by atoms with van der Waals surface area (Å²) in [6, 6.07) is 9.80. The van der Waals surface area contributed by atoms with Crippen LogP contribution in [-0.4, -0.2) is 30.9 Å². The van der Waals surface area contributed by atoms with Crippen LogP contribution in [0, 0.1) is 5.92 Å². The Morgan fingerprint density at radius 3 is 2.50 bits per heavy atom. The van der Waals surface area contributed by atoms with E-state index in [1.807, 2.05) is 42.3 Å². The predicted octanol–water partition coefficient (Wildman–Crippen LogP) is 2.02. The van der Waals surface area contributed by atoms with Gasteiger partial charge in [0.2, 0.25) is 5.91 Å². The molecule has 1 aromatic carbocycles. The summed E-state index contributed by atoms with van der Waals surface area (Å²) in [4.78, 5) is 14.1. The van der Waals surface area contributed by atoms with Gasteiger partial charge >= 0.3 is 0 Å². The largest absolute Gasteiger partial charge is 0.345 e.